The van der Waals surface area contributed by atoms with Gasteiger partial charge in [0, 0.05) is 13.0 Å². The zero-order valence-corrected chi connectivity index (χ0v) is 12.3. The van der Waals surface area contributed by atoms with E-state index < -0.39 is 0 Å². The lowest BCUT2D eigenvalue weighted by atomic mass is 10.00. The molecule has 0 aromatic carbocycles. The molecule has 20 heavy (non-hydrogen) atoms. The third-order valence-electron chi connectivity index (χ3n) is 2.82. The molecule has 0 saturated heterocycles. The molecule has 0 spiro atoms. The molecule has 0 aromatic rings. The van der Waals surface area contributed by atoms with Crippen molar-refractivity contribution in [3.8, 4) is 0 Å². The summed E-state index contributed by atoms with van der Waals surface area (Å²) in [5, 5.41) is 8.79. The van der Waals surface area contributed by atoms with E-state index in [4.69, 9.17) is 14.6 Å². The van der Waals surface area contributed by atoms with Crippen molar-refractivity contribution >= 4 is 11.9 Å². The summed E-state index contributed by atoms with van der Waals surface area (Å²) in [6.07, 6.45) is 5.07. The second-order valence-corrected chi connectivity index (χ2v) is 4.52. The predicted molar refractivity (Wildman–Crippen MR) is 76.1 cm³/mol. The first-order chi connectivity index (χ1) is 9.65. The molecule has 0 aliphatic heterocycles. The molecule has 0 heterocycles. The summed E-state index contributed by atoms with van der Waals surface area (Å²) in [6.45, 7) is 6.16. The van der Waals surface area contributed by atoms with Gasteiger partial charge in [0.25, 0.3) is 0 Å². The van der Waals surface area contributed by atoms with Crippen molar-refractivity contribution in [3.63, 3.8) is 0 Å². The minimum atomic E-state index is -0.255. The highest BCUT2D eigenvalue weighted by molar-refractivity contribution is 5.72. The average molecular weight is 286 g/mol. The Bertz CT molecular complexity index is 288. The van der Waals surface area contributed by atoms with Crippen molar-refractivity contribution in [1.82, 2.24) is 0 Å². The van der Waals surface area contributed by atoms with Crippen LogP contribution in [0.2, 0.25) is 0 Å². The van der Waals surface area contributed by atoms with Crippen LogP contribution in [0.25, 0.3) is 0 Å². The Morgan fingerprint density at radius 3 is 2.60 bits per heavy atom. The summed E-state index contributed by atoms with van der Waals surface area (Å²) < 4.78 is 9.98. The van der Waals surface area contributed by atoms with E-state index in [-0.39, 0.29) is 24.5 Å². The van der Waals surface area contributed by atoms with Crippen LogP contribution in [-0.4, -0.2) is 36.9 Å². The Morgan fingerprint density at radius 1 is 1.25 bits per heavy atom. The third-order valence-corrected chi connectivity index (χ3v) is 2.82. The number of esters is 2. The van der Waals surface area contributed by atoms with Gasteiger partial charge in [-0.05, 0) is 39.0 Å². The summed E-state index contributed by atoms with van der Waals surface area (Å²) in [5.74, 6) is -0.703. The first-order valence-corrected chi connectivity index (χ1v) is 7.19. The second-order valence-electron chi connectivity index (χ2n) is 4.52. The van der Waals surface area contributed by atoms with E-state index in [9.17, 15) is 9.59 Å². The highest BCUT2D eigenvalue weighted by atomic mass is 16.5. The van der Waals surface area contributed by atoms with Crippen LogP contribution in [0.4, 0.5) is 0 Å². The van der Waals surface area contributed by atoms with E-state index in [0.717, 1.165) is 0 Å². The number of carbonyl (C=O) groups is 2. The number of aliphatic hydroxyl groups excluding tert-OH is 1. The number of hydrogen-bond donors (Lipinski definition) is 1. The molecule has 0 radical (unpaired) electrons. The fourth-order valence-corrected chi connectivity index (χ4v) is 1.77. The van der Waals surface area contributed by atoms with Crippen molar-refractivity contribution in [2.24, 2.45) is 5.92 Å². The van der Waals surface area contributed by atoms with Gasteiger partial charge >= 0.3 is 11.9 Å². The van der Waals surface area contributed by atoms with Crippen LogP contribution in [0.1, 0.15) is 45.4 Å². The Balaban J connectivity index is 3.77. The van der Waals surface area contributed by atoms with E-state index in [0.29, 0.717) is 51.7 Å². The normalized spacial score (nSPS) is 11.7. The molecular weight excluding hydrogens is 260 g/mol. The number of ether oxygens (including phenoxy) is 2. The van der Waals surface area contributed by atoms with Crippen LogP contribution >= 0.6 is 0 Å². The van der Waals surface area contributed by atoms with E-state index in [1.54, 1.807) is 13.0 Å². The van der Waals surface area contributed by atoms with Crippen molar-refractivity contribution in [3.05, 3.63) is 12.7 Å². The topological polar surface area (TPSA) is 72.8 Å². The lowest BCUT2D eigenvalue weighted by molar-refractivity contribution is -0.148. The highest BCUT2D eigenvalue weighted by Crippen LogP contribution is 2.14. The quantitative estimate of drug-likeness (QED) is 0.338. The molecule has 0 aliphatic carbocycles. The maximum Gasteiger partial charge on any atom is 0.309 e. The summed E-state index contributed by atoms with van der Waals surface area (Å²) in [5.41, 5.74) is 0. The van der Waals surface area contributed by atoms with Crippen molar-refractivity contribution in [2.45, 2.75) is 45.4 Å². The summed E-state index contributed by atoms with van der Waals surface area (Å²) in [6, 6.07) is 0. The van der Waals surface area contributed by atoms with E-state index >= 15 is 0 Å². The van der Waals surface area contributed by atoms with Crippen molar-refractivity contribution in [1.29, 1.82) is 0 Å². The van der Waals surface area contributed by atoms with Gasteiger partial charge in [-0.3, -0.25) is 9.59 Å². The monoisotopic (exact) mass is 286 g/mol. The largest absolute Gasteiger partial charge is 0.466 e. The number of aliphatic hydroxyl groups is 1. The zero-order valence-electron chi connectivity index (χ0n) is 12.3. The molecule has 1 atom stereocenters. The fraction of sp³-hybridized carbons (Fsp3) is 0.733. The van der Waals surface area contributed by atoms with Gasteiger partial charge in [-0.25, -0.2) is 0 Å². The van der Waals surface area contributed by atoms with E-state index in [2.05, 4.69) is 6.58 Å². The maximum absolute atomic E-state index is 11.8. The fourth-order valence-electron chi connectivity index (χ4n) is 1.77. The molecule has 116 valence electrons. The second kappa shape index (κ2) is 12.7. The van der Waals surface area contributed by atoms with Crippen LogP contribution in [0.3, 0.4) is 0 Å². The minimum absolute atomic E-state index is 0.0699. The summed E-state index contributed by atoms with van der Waals surface area (Å²) in [4.78, 5) is 22.9. The minimum Gasteiger partial charge on any atom is -0.466 e. The molecule has 0 rings (SSSR count). The smallest absolute Gasteiger partial charge is 0.309 e. The molecule has 1 N–H and O–H groups in total. The lowest BCUT2D eigenvalue weighted by Crippen LogP contribution is -2.18. The molecule has 0 aromatic heterocycles. The molecule has 1 unspecified atom stereocenters. The Kier molecular flexibility index (Phi) is 11.8. The van der Waals surface area contributed by atoms with Gasteiger partial charge in [0.2, 0.25) is 0 Å². The van der Waals surface area contributed by atoms with Gasteiger partial charge in [0.1, 0.15) is 0 Å². The molecule has 5 heteroatoms. The van der Waals surface area contributed by atoms with Gasteiger partial charge in [-0.15, -0.1) is 6.58 Å². The van der Waals surface area contributed by atoms with Crippen LogP contribution in [-0.2, 0) is 19.1 Å². The van der Waals surface area contributed by atoms with Crippen LogP contribution in [0.15, 0.2) is 12.7 Å². The molecule has 0 aliphatic rings. The van der Waals surface area contributed by atoms with Crippen LogP contribution in [0, 0.1) is 5.92 Å². The van der Waals surface area contributed by atoms with Gasteiger partial charge < -0.3 is 14.6 Å². The first-order valence-electron chi connectivity index (χ1n) is 7.19. The standard InChI is InChI=1S/C15H26O5/c1-3-8-13(9-7-11-16)15(18)20-12-6-5-10-14(17)19-4-2/h3,13,16H,1,4-12H2,2H3. The molecule has 0 saturated carbocycles. The van der Waals surface area contributed by atoms with Crippen molar-refractivity contribution in [2.75, 3.05) is 19.8 Å². The molecule has 0 fully saturated rings. The lowest BCUT2D eigenvalue weighted by Gasteiger charge is -2.13. The average Bonchev–Trinajstić information content (AvgIpc) is 2.43. The molecular formula is C15H26O5. The Labute approximate surface area is 121 Å². The number of carbonyl (C=O) groups excluding carboxylic acids is 2. The summed E-state index contributed by atoms with van der Waals surface area (Å²) in [7, 11) is 0. The first kappa shape index (κ1) is 18.6. The predicted octanol–water partition coefficient (Wildman–Crippen LogP) is 2.23. The Hall–Kier alpha value is -1.36. The molecule has 0 bridgehead atoms. The SMILES string of the molecule is C=CCC(CCCO)C(=O)OCCCCC(=O)OCC. The van der Waals surface area contributed by atoms with Gasteiger partial charge in [0.05, 0.1) is 19.1 Å². The zero-order chi connectivity index (χ0) is 15.2. The van der Waals surface area contributed by atoms with Gasteiger partial charge in [-0.1, -0.05) is 6.08 Å². The van der Waals surface area contributed by atoms with Crippen molar-refractivity contribution < 1.29 is 24.2 Å². The van der Waals surface area contributed by atoms with Gasteiger partial charge in [0.15, 0.2) is 0 Å². The van der Waals surface area contributed by atoms with Crippen LogP contribution in [0.5, 0.6) is 0 Å². The highest BCUT2D eigenvalue weighted by Gasteiger charge is 2.17. The summed E-state index contributed by atoms with van der Waals surface area (Å²) >= 11 is 0. The number of unbranched alkanes of at least 4 members (excludes halogenated alkanes) is 1. The number of hydrogen-bond acceptors (Lipinski definition) is 5. The van der Waals surface area contributed by atoms with E-state index in [1.165, 1.54) is 0 Å². The number of rotatable bonds is 12. The molecule has 5 nitrogen and oxygen atoms in total. The number of allylic oxidation sites excluding steroid dienone is 1. The Morgan fingerprint density at radius 2 is 2.00 bits per heavy atom. The van der Waals surface area contributed by atoms with Gasteiger partial charge in [-0.2, -0.15) is 0 Å². The van der Waals surface area contributed by atoms with Crippen LogP contribution < -0.4 is 0 Å². The third kappa shape index (κ3) is 9.55. The maximum atomic E-state index is 11.8. The van der Waals surface area contributed by atoms with E-state index in [1.807, 2.05) is 0 Å². The molecule has 0 amide bonds.